The van der Waals surface area contributed by atoms with Crippen molar-refractivity contribution in [1.82, 2.24) is 10.3 Å². The molecule has 0 aliphatic carbocycles. The summed E-state index contributed by atoms with van der Waals surface area (Å²) < 4.78 is 11.5. The van der Waals surface area contributed by atoms with E-state index >= 15 is 0 Å². The van der Waals surface area contributed by atoms with Gasteiger partial charge in [-0.3, -0.25) is 9.59 Å². The Labute approximate surface area is 205 Å². The van der Waals surface area contributed by atoms with Crippen LogP contribution in [0.5, 0.6) is 11.5 Å². The number of aromatic nitrogens is 1. The minimum absolute atomic E-state index is 0.0551. The second-order valence-corrected chi connectivity index (χ2v) is 8.32. The molecule has 0 aliphatic rings. The lowest BCUT2D eigenvalue weighted by Crippen LogP contribution is -2.25. The van der Waals surface area contributed by atoms with E-state index in [1.54, 1.807) is 13.8 Å². The normalized spacial score (nSPS) is 10.4. The second-order valence-electron chi connectivity index (χ2n) is 8.32. The van der Waals surface area contributed by atoms with Gasteiger partial charge in [0.2, 0.25) is 5.91 Å². The number of H-pyrrole nitrogens is 1. The van der Waals surface area contributed by atoms with E-state index in [1.807, 2.05) is 60.7 Å². The predicted octanol–water partition coefficient (Wildman–Crippen LogP) is 4.35. The molecule has 1 aromatic heterocycles. The standard InChI is InChI=1S/C28H31N3O4/c1-20-25(21(2)31-28(33)26(20)18-29)14-15-27(32)30-16-6-7-17-34-23-10-12-24(13-11-23)35-19-22-8-4-3-5-9-22/h3-5,8-13H,6-7,14-17,19H2,1-2H3,(H,30,32)(H,31,33). The highest BCUT2D eigenvalue weighted by Crippen LogP contribution is 2.19. The van der Waals surface area contributed by atoms with E-state index in [-0.39, 0.29) is 17.0 Å². The van der Waals surface area contributed by atoms with Crippen LogP contribution in [-0.2, 0) is 17.8 Å². The molecule has 0 bridgehead atoms. The van der Waals surface area contributed by atoms with Crippen LogP contribution in [0.25, 0.3) is 0 Å². The Kier molecular flexibility index (Phi) is 9.49. The van der Waals surface area contributed by atoms with E-state index in [0.29, 0.717) is 43.9 Å². The van der Waals surface area contributed by atoms with E-state index in [1.165, 1.54) is 0 Å². The van der Waals surface area contributed by atoms with E-state index in [9.17, 15) is 9.59 Å². The van der Waals surface area contributed by atoms with Crippen molar-refractivity contribution in [2.75, 3.05) is 13.2 Å². The second kappa shape index (κ2) is 13.0. The molecule has 3 rings (SSSR count). The molecule has 1 heterocycles. The number of carbonyl (C=O) groups excluding carboxylic acids is 1. The van der Waals surface area contributed by atoms with Gasteiger partial charge in [0.25, 0.3) is 5.56 Å². The van der Waals surface area contributed by atoms with E-state index < -0.39 is 0 Å². The largest absolute Gasteiger partial charge is 0.494 e. The third-order valence-electron chi connectivity index (χ3n) is 5.76. The Balaban J connectivity index is 1.30. The van der Waals surface area contributed by atoms with Crippen molar-refractivity contribution in [2.24, 2.45) is 0 Å². The van der Waals surface area contributed by atoms with Crippen LogP contribution in [0, 0.1) is 25.2 Å². The van der Waals surface area contributed by atoms with Gasteiger partial charge in [0.05, 0.1) is 6.61 Å². The van der Waals surface area contributed by atoms with E-state index in [0.717, 1.165) is 35.5 Å². The fraction of sp³-hybridized carbons (Fsp3) is 0.321. The van der Waals surface area contributed by atoms with Gasteiger partial charge in [-0.15, -0.1) is 0 Å². The number of nitrogens with one attached hydrogen (secondary N) is 2. The van der Waals surface area contributed by atoms with Crippen molar-refractivity contribution in [3.05, 3.63) is 92.9 Å². The van der Waals surface area contributed by atoms with Gasteiger partial charge in [0.1, 0.15) is 29.7 Å². The van der Waals surface area contributed by atoms with Crippen LogP contribution in [0.1, 0.15) is 47.2 Å². The molecule has 2 N–H and O–H groups in total. The number of aryl methyl sites for hydroxylation is 1. The molecule has 0 unspecified atom stereocenters. The van der Waals surface area contributed by atoms with Crippen molar-refractivity contribution in [2.45, 2.75) is 46.1 Å². The number of ether oxygens (including phenoxy) is 2. The lowest BCUT2D eigenvalue weighted by atomic mass is 9.99. The number of amides is 1. The summed E-state index contributed by atoms with van der Waals surface area (Å²) in [5, 5.41) is 12.1. The van der Waals surface area contributed by atoms with Crippen molar-refractivity contribution < 1.29 is 14.3 Å². The predicted molar refractivity (Wildman–Crippen MR) is 135 cm³/mol. The van der Waals surface area contributed by atoms with Gasteiger partial charge < -0.3 is 19.8 Å². The molecule has 0 saturated heterocycles. The SMILES string of the molecule is Cc1[nH]c(=O)c(C#N)c(C)c1CCC(=O)NCCCCOc1ccc(OCc2ccccc2)cc1. The number of pyridine rings is 1. The number of carbonyl (C=O) groups is 1. The first-order valence-corrected chi connectivity index (χ1v) is 11.8. The van der Waals surface area contributed by atoms with Gasteiger partial charge in [-0.1, -0.05) is 30.3 Å². The molecule has 0 aliphatic heterocycles. The van der Waals surface area contributed by atoms with Crippen LogP contribution in [0.4, 0.5) is 0 Å². The fourth-order valence-electron chi connectivity index (χ4n) is 3.77. The highest BCUT2D eigenvalue weighted by molar-refractivity contribution is 5.76. The fourth-order valence-corrected chi connectivity index (χ4v) is 3.77. The number of rotatable bonds is 12. The zero-order valence-corrected chi connectivity index (χ0v) is 20.2. The molecule has 0 saturated carbocycles. The van der Waals surface area contributed by atoms with Crippen molar-refractivity contribution in [3.63, 3.8) is 0 Å². The van der Waals surface area contributed by atoms with E-state index in [2.05, 4.69) is 10.3 Å². The molecular weight excluding hydrogens is 442 g/mol. The van der Waals surface area contributed by atoms with Gasteiger partial charge in [-0.2, -0.15) is 5.26 Å². The molecule has 0 fully saturated rings. The van der Waals surface area contributed by atoms with Gasteiger partial charge >= 0.3 is 0 Å². The third kappa shape index (κ3) is 7.75. The Hall–Kier alpha value is -4.05. The molecule has 0 atom stereocenters. The maximum atomic E-state index is 12.2. The summed E-state index contributed by atoms with van der Waals surface area (Å²) in [5.41, 5.74) is 3.04. The molecule has 7 nitrogen and oxygen atoms in total. The van der Waals surface area contributed by atoms with Crippen LogP contribution < -0.4 is 20.3 Å². The molecule has 1 amide bonds. The quantitative estimate of drug-likeness (QED) is 0.381. The first-order valence-electron chi connectivity index (χ1n) is 11.8. The first-order chi connectivity index (χ1) is 17.0. The van der Waals surface area contributed by atoms with Crippen LogP contribution in [0.3, 0.4) is 0 Å². The van der Waals surface area contributed by atoms with E-state index in [4.69, 9.17) is 14.7 Å². The molecule has 7 heteroatoms. The Morgan fingerprint density at radius 3 is 2.37 bits per heavy atom. The summed E-state index contributed by atoms with van der Waals surface area (Å²) in [6, 6.07) is 19.5. The molecular formula is C28H31N3O4. The van der Waals surface area contributed by atoms with Crippen LogP contribution >= 0.6 is 0 Å². The number of hydrogen-bond acceptors (Lipinski definition) is 5. The zero-order chi connectivity index (χ0) is 25.0. The third-order valence-corrected chi connectivity index (χ3v) is 5.76. The van der Waals surface area contributed by atoms with Crippen molar-refractivity contribution >= 4 is 5.91 Å². The highest BCUT2D eigenvalue weighted by atomic mass is 16.5. The minimum Gasteiger partial charge on any atom is -0.494 e. The van der Waals surface area contributed by atoms with Crippen molar-refractivity contribution in [3.8, 4) is 17.6 Å². The van der Waals surface area contributed by atoms with Crippen LogP contribution in [0.2, 0.25) is 0 Å². The van der Waals surface area contributed by atoms with Gasteiger partial charge in [-0.05, 0) is 74.1 Å². The lowest BCUT2D eigenvalue weighted by Gasteiger charge is -2.11. The monoisotopic (exact) mass is 473 g/mol. The highest BCUT2D eigenvalue weighted by Gasteiger charge is 2.13. The number of nitriles is 1. The zero-order valence-electron chi connectivity index (χ0n) is 20.2. The summed E-state index contributed by atoms with van der Waals surface area (Å²) in [5.74, 6) is 1.52. The number of benzene rings is 2. The summed E-state index contributed by atoms with van der Waals surface area (Å²) >= 11 is 0. The van der Waals surface area contributed by atoms with Crippen molar-refractivity contribution in [1.29, 1.82) is 5.26 Å². The van der Waals surface area contributed by atoms with Crippen LogP contribution in [-0.4, -0.2) is 24.0 Å². The minimum atomic E-state index is -0.384. The topological polar surface area (TPSA) is 104 Å². The van der Waals surface area contributed by atoms with Gasteiger partial charge in [0.15, 0.2) is 0 Å². The smallest absolute Gasteiger partial charge is 0.266 e. The maximum absolute atomic E-state index is 12.2. The molecule has 0 radical (unpaired) electrons. The average molecular weight is 474 g/mol. The molecule has 3 aromatic rings. The number of unbranched alkanes of at least 4 members (excludes halogenated alkanes) is 1. The Morgan fingerprint density at radius 1 is 1.00 bits per heavy atom. The summed E-state index contributed by atoms with van der Waals surface area (Å²) in [6.45, 7) is 5.19. The van der Waals surface area contributed by atoms with Crippen LogP contribution in [0.15, 0.2) is 59.4 Å². The average Bonchev–Trinajstić information content (AvgIpc) is 2.86. The molecule has 182 valence electrons. The number of hydrogen-bond donors (Lipinski definition) is 2. The summed E-state index contributed by atoms with van der Waals surface area (Å²) in [4.78, 5) is 26.7. The molecule has 2 aromatic carbocycles. The summed E-state index contributed by atoms with van der Waals surface area (Å²) in [7, 11) is 0. The first kappa shape index (κ1) is 25.6. The number of aromatic amines is 1. The van der Waals surface area contributed by atoms with Gasteiger partial charge in [-0.25, -0.2) is 0 Å². The maximum Gasteiger partial charge on any atom is 0.266 e. The lowest BCUT2D eigenvalue weighted by molar-refractivity contribution is -0.121. The van der Waals surface area contributed by atoms with Gasteiger partial charge in [0, 0.05) is 18.7 Å². The summed E-state index contributed by atoms with van der Waals surface area (Å²) in [6.07, 6.45) is 2.40. The Bertz CT molecular complexity index is 1210. The number of nitrogens with zero attached hydrogens (tertiary/aromatic N) is 1. The Morgan fingerprint density at radius 2 is 1.69 bits per heavy atom. The molecule has 35 heavy (non-hydrogen) atoms. The molecule has 0 spiro atoms.